The van der Waals surface area contributed by atoms with Crippen LogP contribution in [0.15, 0.2) is 78.9 Å². The van der Waals surface area contributed by atoms with Crippen LogP contribution in [0.2, 0.25) is 0 Å². The van der Waals surface area contributed by atoms with E-state index < -0.39 is 17.9 Å². The Morgan fingerprint density at radius 2 is 1.41 bits per heavy atom. The van der Waals surface area contributed by atoms with Crippen molar-refractivity contribution in [3.05, 3.63) is 90.0 Å². The number of anilines is 1. The van der Waals surface area contributed by atoms with Crippen molar-refractivity contribution in [2.24, 2.45) is 0 Å². The lowest BCUT2D eigenvalue weighted by Crippen LogP contribution is -2.42. The van der Waals surface area contributed by atoms with Crippen LogP contribution in [0.1, 0.15) is 22.8 Å². The summed E-state index contributed by atoms with van der Waals surface area (Å²) in [7, 11) is 0. The van der Waals surface area contributed by atoms with Gasteiger partial charge < -0.3 is 15.7 Å². The summed E-state index contributed by atoms with van der Waals surface area (Å²) < 4.78 is 0. The molecule has 0 spiro atoms. The third-order valence-corrected chi connectivity index (χ3v) is 5.36. The fourth-order valence-electron chi connectivity index (χ4n) is 3.88. The van der Waals surface area contributed by atoms with Crippen LogP contribution in [0.4, 0.5) is 5.69 Å². The smallest absolute Gasteiger partial charge is 0.326 e. The highest BCUT2D eigenvalue weighted by Crippen LogP contribution is 2.29. The van der Waals surface area contributed by atoms with Gasteiger partial charge in [0.1, 0.15) is 6.04 Å². The summed E-state index contributed by atoms with van der Waals surface area (Å²) in [6.07, 6.45) is 0.146. The molecule has 0 aromatic heterocycles. The Hall–Kier alpha value is -4.19. The number of aliphatic carboxylic acids is 1. The molecule has 0 heterocycles. The normalized spacial score (nSPS) is 11.8. The number of amides is 2. The number of fused-ring (bicyclic) bond motifs is 2. The summed E-state index contributed by atoms with van der Waals surface area (Å²) in [5.41, 5.74) is 1.76. The number of nitrogens with one attached hydrogen (secondary N) is 2. The Kier molecular flexibility index (Phi) is 5.85. The van der Waals surface area contributed by atoms with Crippen molar-refractivity contribution in [2.75, 3.05) is 5.32 Å². The van der Waals surface area contributed by atoms with Crippen molar-refractivity contribution in [3.8, 4) is 0 Å². The molecule has 32 heavy (non-hydrogen) atoms. The quantitative estimate of drug-likeness (QED) is 0.399. The van der Waals surface area contributed by atoms with Crippen molar-refractivity contribution >= 4 is 45.0 Å². The van der Waals surface area contributed by atoms with Crippen molar-refractivity contribution < 1.29 is 19.5 Å². The van der Waals surface area contributed by atoms with Gasteiger partial charge in [0.2, 0.25) is 5.91 Å². The number of hydrogen-bond acceptors (Lipinski definition) is 3. The summed E-state index contributed by atoms with van der Waals surface area (Å²) in [5.74, 6) is -1.81. The van der Waals surface area contributed by atoms with Gasteiger partial charge in [-0.3, -0.25) is 9.59 Å². The number of carbonyl (C=O) groups is 3. The first-order chi connectivity index (χ1) is 15.4. The zero-order chi connectivity index (χ0) is 22.7. The maximum Gasteiger partial charge on any atom is 0.326 e. The van der Waals surface area contributed by atoms with E-state index in [4.69, 9.17) is 0 Å². The number of rotatable bonds is 6. The van der Waals surface area contributed by atoms with E-state index in [1.807, 2.05) is 48.5 Å². The van der Waals surface area contributed by atoms with Crippen molar-refractivity contribution in [3.63, 3.8) is 0 Å². The van der Waals surface area contributed by atoms with E-state index in [0.717, 1.165) is 27.1 Å². The van der Waals surface area contributed by atoms with Crippen molar-refractivity contribution in [2.45, 2.75) is 19.4 Å². The lowest BCUT2D eigenvalue weighted by molar-refractivity contribution is -0.139. The van der Waals surface area contributed by atoms with E-state index in [-0.39, 0.29) is 12.3 Å². The Morgan fingerprint density at radius 3 is 1.94 bits per heavy atom. The predicted molar refractivity (Wildman–Crippen MR) is 125 cm³/mol. The fourth-order valence-corrected chi connectivity index (χ4v) is 3.88. The Bertz CT molecular complexity index is 1280. The molecule has 0 bridgehead atoms. The molecule has 2 amide bonds. The summed E-state index contributed by atoms with van der Waals surface area (Å²) in [6, 6.07) is 22.9. The molecule has 6 heteroatoms. The minimum atomic E-state index is -1.11. The molecule has 0 aliphatic heterocycles. The van der Waals surface area contributed by atoms with E-state index >= 15 is 0 Å². The molecule has 6 nitrogen and oxygen atoms in total. The topological polar surface area (TPSA) is 95.5 Å². The third kappa shape index (κ3) is 4.44. The van der Waals surface area contributed by atoms with Gasteiger partial charge in [-0.05, 0) is 57.4 Å². The van der Waals surface area contributed by atoms with Gasteiger partial charge >= 0.3 is 5.97 Å². The van der Waals surface area contributed by atoms with E-state index in [1.54, 1.807) is 24.3 Å². The number of carbonyl (C=O) groups excluding carboxylic acids is 2. The first-order valence-corrected chi connectivity index (χ1v) is 10.2. The zero-order valence-corrected chi connectivity index (χ0v) is 17.5. The standard InChI is InChI=1S/C26H22N2O4/c1-16(29)27-20-12-10-17(11-13-20)25(30)28-24(26(31)32)15-23-21-8-4-2-6-18(21)14-19-7-3-5-9-22(19)23/h2-14,24H,15H2,1H3,(H,27,29)(H,28,30)(H,31,32)/t24-/m1/s1. The molecule has 0 fully saturated rings. The van der Waals surface area contributed by atoms with Crippen LogP contribution in [-0.4, -0.2) is 28.9 Å². The second-order valence-corrected chi connectivity index (χ2v) is 7.62. The van der Waals surface area contributed by atoms with Crippen LogP contribution in [0, 0.1) is 0 Å². The summed E-state index contributed by atoms with van der Waals surface area (Å²) >= 11 is 0. The zero-order valence-electron chi connectivity index (χ0n) is 17.5. The minimum absolute atomic E-state index is 0.146. The molecule has 1 atom stereocenters. The number of hydrogen-bond donors (Lipinski definition) is 3. The van der Waals surface area contributed by atoms with Gasteiger partial charge in [-0.1, -0.05) is 48.5 Å². The van der Waals surface area contributed by atoms with Crippen molar-refractivity contribution in [1.82, 2.24) is 5.32 Å². The largest absolute Gasteiger partial charge is 0.480 e. The van der Waals surface area contributed by atoms with Gasteiger partial charge in [0, 0.05) is 24.6 Å². The van der Waals surface area contributed by atoms with Crippen LogP contribution < -0.4 is 10.6 Å². The number of benzene rings is 4. The summed E-state index contributed by atoms with van der Waals surface area (Å²) in [5, 5.41) is 19.1. The van der Waals surface area contributed by atoms with Crippen molar-refractivity contribution in [1.29, 1.82) is 0 Å². The molecule has 4 aromatic rings. The van der Waals surface area contributed by atoms with Crippen LogP contribution in [0.3, 0.4) is 0 Å². The Balaban J connectivity index is 1.64. The molecular weight excluding hydrogens is 404 g/mol. The van der Waals surface area contributed by atoms with E-state index in [1.165, 1.54) is 6.92 Å². The van der Waals surface area contributed by atoms with Gasteiger partial charge in [-0.25, -0.2) is 4.79 Å². The fraction of sp³-hybridized carbons (Fsp3) is 0.115. The summed E-state index contributed by atoms with van der Waals surface area (Å²) in [6.45, 7) is 1.40. The van der Waals surface area contributed by atoms with E-state index in [0.29, 0.717) is 11.3 Å². The highest BCUT2D eigenvalue weighted by molar-refractivity contribution is 6.03. The highest BCUT2D eigenvalue weighted by atomic mass is 16.4. The van der Waals surface area contributed by atoms with Gasteiger partial charge in [0.15, 0.2) is 0 Å². The second kappa shape index (κ2) is 8.89. The minimum Gasteiger partial charge on any atom is -0.480 e. The average molecular weight is 426 g/mol. The molecule has 0 radical (unpaired) electrons. The molecule has 4 rings (SSSR count). The SMILES string of the molecule is CC(=O)Nc1ccc(C(=O)N[C@H](Cc2c3ccccc3cc3ccccc23)C(=O)O)cc1. The molecule has 0 saturated heterocycles. The molecule has 3 N–H and O–H groups in total. The predicted octanol–water partition coefficient (Wildman–Crippen LogP) is 4.38. The van der Waals surface area contributed by atoms with Gasteiger partial charge in [-0.15, -0.1) is 0 Å². The van der Waals surface area contributed by atoms with Crippen LogP contribution >= 0.6 is 0 Å². The monoisotopic (exact) mass is 426 g/mol. The first-order valence-electron chi connectivity index (χ1n) is 10.2. The maximum absolute atomic E-state index is 12.7. The van der Waals surface area contributed by atoms with Crippen LogP contribution in [0.5, 0.6) is 0 Å². The van der Waals surface area contributed by atoms with Gasteiger partial charge in [0.25, 0.3) is 5.91 Å². The average Bonchev–Trinajstić information content (AvgIpc) is 2.78. The van der Waals surface area contributed by atoms with Gasteiger partial charge in [-0.2, -0.15) is 0 Å². The lowest BCUT2D eigenvalue weighted by atomic mass is 9.92. The highest BCUT2D eigenvalue weighted by Gasteiger charge is 2.23. The lowest BCUT2D eigenvalue weighted by Gasteiger charge is -2.18. The number of carboxylic acid groups (broad SMARTS) is 1. The van der Waals surface area contributed by atoms with E-state index in [2.05, 4.69) is 16.7 Å². The van der Waals surface area contributed by atoms with E-state index in [9.17, 15) is 19.5 Å². The molecule has 0 aliphatic rings. The first kappa shape index (κ1) is 21.1. The Morgan fingerprint density at radius 1 is 0.844 bits per heavy atom. The number of carboxylic acids is 1. The van der Waals surface area contributed by atoms with Gasteiger partial charge in [0.05, 0.1) is 0 Å². The van der Waals surface area contributed by atoms with Crippen LogP contribution in [0.25, 0.3) is 21.5 Å². The molecule has 0 unspecified atom stereocenters. The molecule has 4 aromatic carbocycles. The molecule has 0 saturated carbocycles. The molecular formula is C26H22N2O4. The summed E-state index contributed by atoms with van der Waals surface area (Å²) in [4.78, 5) is 36.0. The molecule has 160 valence electrons. The van der Waals surface area contributed by atoms with Crippen LogP contribution in [-0.2, 0) is 16.0 Å². The molecule has 0 aliphatic carbocycles. The second-order valence-electron chi connectivity index (χ2n) is 7.62. The third-order valence-electron chi connectivity index (χ3n) is 5.36. The Labute approximate surface area is 184 Å². The maximum atomic E-state index is 12.7.